The summed E-state index contributed by atoms with van der Waals surface area (Å²) in [4.78, 5) is 16.2. The van der Waals surface area contributed by atoms with Gasteiger partial charge in [0.25, 0.3) is 5.91 Å². The molecule has 3 rings (SSSR count). The Labute approximate surface area is 110 Å². The molecule has 3 aromatic rings. The Morgan fingerprint density at radius 2 is 2.00 bits per heavy atom. The largest absolute Gasteiger partial charge is 0.449 e. The van der Waals surface area contributed by atoms with Crippen molar-refractivity contribution in [1.82, 2.24) is 4.98 Å². The number of carbonyl (C=O) groups excluding carboxylic acids is 1. The van der Waals surface area contributed by atoms with E-state index in [9.17, 15) is 4.79 Å². The fourth-order valence-electron chi connectivity index (χ4n) is 1.81. The lowest BCUT2D eigenvalue weighted by atomic mass is 10.2. The summed E-state index contributed by atoms with van der Waals surface area (Å²) in [7, 11) is 0. The molecular formula is C15H12N2O2. The van der Waals surface area contributed by atoms with Crippen molar-refractivity contribution >= 4 is 22.7 Å². The molecule has 1 amide bonds. The average molecular weight is 252 g/mol. The van der Waals surface area contributed by atoms with Crippen molar-refractivity contribution in [3.05, 3.63) is 60.0 Å². The number of aryl methyl sites for hydroxylation is 1. The molecule has 2 aromatic heterocycles. The number of furan rings is 1. The summed E-state index contributed by atoms with van der Waals surface area (Å²) in [6, 6.07) is 12.8. The van der Waals surface area contributed by atoms with E-state index in [1.54, 1.807) is 24.4 Å². The van der Waals surface area contributed by atoms with Crippen molar-refractivity contribution in [2.75, 3.05) is 5.32 Å². The van der Waals surface area contributed by atoms with E-state index in [4.69, 9.17) is 4.42 Å². The summed E-state index contributed by atoms with van der Waals surface area (Å²) < 4.78 is 5.45. The summed E-state index contributed by atoms with van der Waals surface area (Å²) in [5.74, 6) is -0.0175. The summed E-state index contributed by atoms with van der Waals surface area (Å²) in [5, 5.41) is 2.79. The van der Waals surface area contributed by atoms with Crippen molar-refractivity contribution in [2.45, 2.75) is 6.92 Å². The van der Waals surface area contributed by atoms with E-state index in [1.807, 2.05) is 31.2 Å². The first-order valence-corrected chi connectivity index (χ1v) is 5.95. The van der Waals surface area contributed by atoms with Gasteiger partial charge in [-0.25, -0.2) is 0 Å². The van der Waals surface area contributed by atoms with Gasteiger partial charge in [0.1, 0.15) is 5.52 Å². The van der Waals surface area contributed by atoms with Gasteiger partial charge in [0.15, 0.2) is 11.3 Å². The number of hydrogen-bond donors (Lipinski definition) is 1. The predicted octanol–water partition coefficient (Wildman–Crippen LogP) is 3.39. The van der Waals surface area contributed by atoms with Crippen LogP contribution in [0, 0.1) is 6.92 Å². The van der Waals surface area contributed by atoms with Crippen molar-refractivity contribution in [3.63, 3.8) is 0 Å². The first-order chi connectivity index (χ1) is 9.22. The second-order valence-electron chi connectivity index (χ2n) is 4.32. The summed E-state index contributed by atoms with van der Waals surface area (Å²) >= 11 is 0. The molecule has 0 spiro atoms. The maximum absolute atomic E-state index is 12.0. The minimum absolute atomic E-state index is 0.259. The third kappa shape index (κ3) is 2.33. The third-order valence-electron chi connectivity index (χ3n) is 2.82. The first kappa shape index (κ1) is 11.5. The fourth-order valence-corrected chi connectivity index (χ4v) is 1.81. The molecule has 1 aromatic carbocycles. The van der Waals surface area contributed by atoms with Gasteiger partial charge in [-0.2, -0.15) is 0 Å². The van der Waals surface area contributed by atoms with Crippen molar-refractivity contribution in [3.8, 4) is 0 Å². The fraction of sp³-hybridized carbons (Fsp3) is 0.0667. The summed E-state index contributed by atoms with van der Waals surface area (Å²) in [6.45, 7) is 2.00. The van der Waals surface area contributed by atoms with Crippen LogP contribution in [0.15, 0.2) is 53.1 Å². The van der Waals surface area contributed by atoms with Crippen molar-refractivity contribution in [2.24, 2.45) is 0 Å². The Kier molecular flexibility index (Phi) is 2.76. The Balaban J connectivity index is 1.85. The van der Waals surface area contributed by atoms with Gasteiger partial charge in [-0.1, -0.05) is 17.7 Å². The number of benzene rings is 1. The number of nitrogens with zero attached hydrogens (tertiary/aromatic N) is 1. The maximum atomic E-state index is 12.0. The second kappa shape index (κ2) is 4.57. The van der Waals surface area contributed by atoms with E-state index in [0.717, 1.165) is 11.3 Å². The van der Waals surface area contributed by atoms with Crippen LogP contribution in [0.3, 0.4) is 0 Å². The minimum atomic E-state index is -0.276. The summed E-state index contributed by atoms with van der Waals surface area (Å²) in [5.41, 5.74) is 3.17. The lowest BCUT2D eigenvalue weighted by Gasteiger charge is -2.02. The molecule has 0 radical (unpaired) electrons. The molecule has 0 aliphatic carbocycles. The Morgan fingerprint density at radius 1 is 1.21 bits per heavy atom. The Bertz CT molecular complexity index is 696. The zero-order chi connectivity index (χ0) is 13.2. The van der Waals surface area contributed by atoms with Crippen LogP contribution in [0.1, 0.15) is 16.1 Å². The molecule has 0 atom stereocenters. The number of aromatic nitrogens is 1. The number of hydrogen-bond acceptors (Lipinski definition) is 3. The molecule has 0 saturated carbocycles. The van der Waals surface area contributed by atoms with E-state index in [-0.39, 0.29) is 11.7 Å². The molecule has 4 nitrogen and oxygen atoms in total. The molecule has 1 N–H and O–H groups in total. The van der Waals surface area contributed by atoms with Crippen LogP contribution in [-0.2, 0) is 0 Å². The lowest BCUT2D eigenvalue weighted by Crippen LogP contribution is -2.10. The smallest absolute Gasteiger partial charge is 0.291 e. The molecule has 19 heavy (non-hydrogen) atoms. The number of carbonyl (C=O) groups is 1. The van der Waals surface area contributed by atoms with E-state index in [1.165, 1.54) is 0 Å². The molecule has 94 valence electrons. The van der Waals surface area contributed by atoms with Crippen LogP contribution in [0.2, 0.25) is 0 Å². The second-order valence-corrected chi connectivity index (χ2v) is 4.32. The Hall–Kier alpha value is -2.62. The third-order valence-corrected chi connectivity index (χ3v) is 2.82. The zero-order valence-electron chi connectivity index (χ0n) is 10.4. The topological polar surface area (TPSA) is 55.1 Å². The summed E-state index contributed by atoms with van der Waals surface area (Å²) in [6.07, 6.45) is 1.67. The van der Waals surface area contributed by atoms with Gasteiger partial charge in [0.05, 0.1) is 0 Å². The van der Waals surface area contributed by atoms with Crippen LogP contribution in [0.4, 0.5) is 5.69 Å². The molecule has 0 fully saturated rings. The molecule has 0 unspecified atom stereocenters. The van der Waals surface area contributed by atoms with E-state index in [0.29, 0.717) is 11.1 Å². The SMILES string of the molecule is Cc1ccc(NC(=O)c2cc3ncccc3o2)cc1. The van der Waals surface area contributed by atoms with Crippen LogP contribution in [0.25, 0.3) is 11.1 Å². The molecular weight excluding hydrogens is 240 g/mol. The van der Waals surface area contributed by atoms with Gasteiger partial charge < -0.3 is 9.73 Å². The van der Waals surface area contributed by atoms with Crippen LogP contribution in [-0.4, -0.2) is 10.9 Å². The highest BCUT2D eigenvalue weighted by Crippen LogP contribution is 2.18. The maximum Gasteiger partial charge on any atom is 0.291 e. The standard InChI is InChI=1S/C15H12N2O2/c1-10-4-6-11(7-5-10)17-15(18)14-9-12-13(19-14)3-2-8-16-12/h2-9H,1H3,(H,17,18). The number of pyridine rings is 1. The molecule has 0 bridgehead atoms. The molecule has 4 heteroatoms. The van der Waals surface area contributed by atoms with Crippen molar-refractivity contribution < 1.29 is 9.21 Å². The number of anilines is 1. The molecule has 2 heterocycles. The van der Waals surface area contributed by atoms with Crippen LogP contribution in [0.5, 0.6) is 0 Å². The normalized spacial score (nSPS) is 10.6. The van der Waals surface area contributed by atoms with Gasteiger partial charge in [-0.3, -0.25) is 9.78 Å². The van der Waals surface area contributed by atoms with Gasteiger partial charge in [0.2, 0.25) is 0 Å². The van der Waals surface area contributed by atoms with Crippen LogP contribution >= 0.6 is 0 Å². The van der Waals surface area contributed by atoms with Gasteiger partial charge in [0, 0.05) is 18.0 Å². The molecule has 0 saturated heterocycles. The number of rotatable bonds is 2. The van der Waals surface area contributed by atoms with E-state index in [2.05, 4.69) is 10.3 Å². The minimum Gasteiger partial charge on any atom is -0.449 e. The van der Waals surface area contributed by atoms with E-state index < -0.39 is 0 Å². The number of fused-ring (bicyclic) bond motifs is 1. The van der Waals surface area contributed by atoms with Gasteiger partial charge >= 0.3 is 0 Å². The lowest BCUT2D eigenvalue weighted by molar-refractivity contribution is 0.0998. The number of amides is 1. The Morgan fingerprint density at radius 3 is 2.74 bits per heavy atom. The van der Waals surface area contributed by atoms with Gasteiger partial charge in [-0.15, -0.1) is 0 Å². The average Bonchev–Trinajstić information content (AvgIpc) is 2.85. The van der Waals surface area contributed by atoms with E-state index >= 15 is 0 Å². The van der Waals surface area contributed by atoms with Crippen LogP contribution < -0.4 is 5.32 Å². The predicted molar refractivity (Wildman–Crippen MR) is 73.1 cm³/mol. The number of nitrogens with one attached hydrogen (secondary N) is 1. The van der Waals surface area contributed by atoms with Gasteiger partial charge in [-0.05, 0) is 31.2 Å². The quantitative estimate of drug-likeness (QED) is 0.760. The highest BCUT2D eigenvalue weighted by Gasteiger charge is 2.12. The highest BCUT2D eigenvalue weighted by molar-refractivity contribution is 6.04. The molecule has 0 aliphatic heterocycles. The zero-order valence-corrected chi connectivity index (χ0v) is 10.4. The first-order valence-electron chi connectivity index (χ1n) is 5.95. The highest BCUT2D eigenvalue weighted by atomic mass is 16.3. The van der Waals surface area contributed by atoms with Crippen molar-refractivity contribution in [1.29, 1.82) is 0 Å². The molecule has 0 aliphatic rings. The monoisotopic (exact) mass is 252 g/mol.